The third-order valence-corrected chi connectivity index (χ3v) is 3.44. The Bertz CT molecular complexity index is 228. The zero-order valence-corrected chi connectivity index (χ0v) is 8.82. The fraction of sp³-hybridized carbons (Fsp3) is 1.00. The van der Waals surface area contributed by atoms with E-state index in [9.17, 15) is 8.42 Å². The molecule has 0 aromatic heterocycles. The second-order valence-electron chi connectivity index (χ2n) is 3.12. The number of nitrogens with one attached hydrogen (secondary N) is 1. The van der Waals surface area contributed by atoms with Crippen LogP contribution in [0.1, 0.15) is 6.42 Å². The first kappa shape index (κ1) is 12.2. The lowest BCUT2D eigenvalue weighted by molar-refractivity contribution is -0.00000518. The van der Waals surface area contributed by atoms with E-state index in [1.54, 1.807) is 5.01 Å². The maximum atomic E-state index is 11.0. The number of nitrogens with zero attached hydrogens (tertiary/aromatic N) is 1. The largest absolute Gasteiger partial charge is 1.00 e. The van der Waals surface area contributed by atoms with Crippen molar-refractivity contribution in [3.05, 3.63) is 0 Å². The van der Waals surface area contributed by atoms with Crippen molar-refractivity contribution in [1.29, 1.82) is 0 Å². The summed E-state index contributed by atoms with van der Waals surface area (Å²) in [4.78, 5) is 0. The molecule has 12 heavy (non-hydrogen) atoms. The summed E-state index contributed by atoms with van der Waals surface area (Å²) in [6.45, 7) is 0. The fourth-order valence-electron chi connectivity index (χ4n) is 1.26. The molecule has 1 rings (SSSR count). The van der Waals surface area contributed by atoms with Gasteiger partial charge in [-0.3, -0.25) is 10.4 Å². The summed E-state index contributed by atoms with van der Waals surface area (Å²) >= 11 is 0. The molecule has 0 amide bonds. The van der Waals surface area contributed by atoms with Crippen LogP contribution in [0.2, 0.25) is 0 Å². The zero-order valence-electron chi connectivity index (χ0n) is 7.25. The van der Waals surface area contributed by atoms with Crippen LogP contribution in [-0.4, -0.2) is 45.1 Å². The molecule has 1 aliphatic heterocycles. The molecule has 0 bridgehead atoms. The van der Waals surface area contributed by atoms with Crippen molar-refractivity contribution in [3.63, 3.8) is 0 Å². The van der Waals surface area contributed by atoms with Gasteiger partial charge in [0.05, 0.1) is 11.5 Å². The summed E-state index contributed by atoms with van der Waals surface area (Å²) in [6, 6.07) is 0.120. The van der Waals surface area contributed by atoms with Crippen molar-refractivity contribution in [2.24, 2.45) is 0 Å². The quantitative estimate of drug-likeness (QED) is 0.479. The van der Waals surface area contributed by atoms with Crippen molar-refractivity contribution in [2.45, 2.75) is 12.5 Å². The van der Waals surface area contributed by atoms with E-state index in [0.717, 1.165) is 6.42 Å². The Morgan fingerprint density at radius 2 is 2.00 bits per heavy atom. The van der Waals surface area contributed by atoms with Gasteiger partial charge in [0.15, 0.2) is 9.84 Å². The van der Waals surface area contributed by atoms with Gasteiger partial charge < -0.3 is 12.4 Å². The van der Waals surface area contributed by atoms with E-state index < -0.39 is 9.84 Å². The minimum Gasteiger partial charge on any atom is -1.00 e. The Labute approximate surface area is 79.6 Å². The Balaban J connectivity index is 0.00000121. The minimum atomic E-state index is -2.73. The summed E-state index contributed by atoms with van der Waals surface area (Å²) in [5, 5.41) is 1.80. The lowest BCUT2D eigenvalue weighted by atomic mass is 10.3. The number of rotatable bonds is 2. The third kappa shape index (κ3) is 3.71. The smallest absolute Gasteiger partial charge is 0.151 e. The molecule has 0 radical (unpaired) electrons. The van der Waals surface area contributed by atoms with Gasteiger partial charge in [0, 0.05) is 20.1 Å². The van der Waals surface area contributed by atoms with Gasteiger partial charge in [0.25, 0.3) is 0 Å². The lowest BCUT2D eigenvalue weighted by Gasteiger charge is -2.16. The van der Waals surface area contributed by atoms with Crippen LogP contribution in [0.15, 0.2) is 0 Å². The Morgan fingerprint density at radius 3 is 2.33 bits per heavy atom. The maximum absolute atomic E-state index is 11.0. The van der Waals surface area contributed by atoms with Gasteiger partial charge in [-0.2, -0.15) is 0 Å². The van der Waals surface area contributed by atoms with Gasteiger partial charge in [-0.15, -0.1) is 0 Å². The second-order valence-corrected chi connectivity index (χ2v) is 5.35. The van der Waals surface area contributed by atoms with E-state index in [1.165, 1.54) is 0 Å². The molecule has 1 unspecified atom stereocenters. The topological polar surface area (TPSA) is 49.4 Å². The van der Waals surface area contributed by atoms with E-state index in [-0.39, 0.29) is 24.2 Å². The monoisotopic (exact) mass is 213 g/mol. The summed E-state index contributed by atoms with van der Waals surface area (Å²) in [5.41, 5.74) is 3.05. The highest BCUT2D eigenvalue weighted by molar-refractivity contribution is 7.91. The SMILES string of the molecule is CN(C)NC1CCS(=O)(=O)C1.[Cl-]. The molecule has 1 atom stereocenters. The van der Waals surface area contributed by atoms with Gasteiger partial charge >= 0.3 is 0 Å². The first-order chi connectivity index (χ1) is 4.99. The Morgan fingerprint density at radius 1 is 1.42 bits per heavy atom. The Hall–Kier alpha value is 0.160. The molecule has 1 N–H and O–H groups in total. The summed E-state index contributed by atoms with van der Waals surface area (Å²) in [7, 11) is 1.00. The minimum absolute atomic E-state index is 0. The molecule has 0 aromatic carbocycles. The van der Waals surface area contributed by atoms with Crippen molar-refractivity contribution < 1.29 is 20.8 Å². The molecule has 0 aliphatic carbocycles. The van der Waals surface area contributed by atoms with E-state index in [0.29, 0.717) is 5.75 Å². The van der Waals surface area contributed by atoms with Crippen LogP contribution < -0.4 is 17.8 Å². The first-order valence-corrected chi connectivity index (χ1v) is 5.46. The van der Waals surface area contributed by atoms with Crippen LogP contribution in [0.3, 0.4) is 0 Å². The highest BCUT2D eigenvalue weighted by Gasteiger charge is 2.27. The van der Waals surface area contributed by atoms with E-state index in [1.807, 2.05) is 14.1 Å². The molecular formula is C6H14ClN2O2S-. The van der Waals surface area contributed by atoms with Crippen LogP contribution in [0, 0.1) is 0 Å². The van der Waals surface area contributed by atoms with E-state index in [4.69, 9.17) is 0 Å². The summed E-state index contributed by atoms with van der Waals surface area (Å²) in [6.07, 6.45) is 0.737. The molecule has 0 aromatic rings. The highest BCUT2D eigenvalue weighted by Crippen LogP contribution is 2.10. The molecule has 6 heteroatoms. The van der Waals surface area contributed by atoms with Gasteiger partial charge in [0.1, 0.15) is 0 Å². The average Bonchev–Trinajstić information content (AvgIpc) is 2.08. The van der Waals surface area contributed by atoms with Crippen molar-refractivity contribution in [3.8, 4) is 0 Å². The fourth-order valence-corrected chi connectivity index (χ4v) is 2.93. The first-order valence-electron chi connectivity index (χ1n) is 3.63. The molecular weight excluding hydrogens is 200 g/mol. The van der Waals surface area contributed by atoms with Crippen molar-refractivity contribution in [2.75, 3.05) is 25.6 Å². The standard InChI is InChI=1S/C6H14N2O2S.ClH/c1-8(2)7-6-3-4-11(9,10)5-6;/h6-7H,3-5H2,1-2H3;1H/p-1. The van der Waals surface area contributed by atoms with Crippen LogP contribution in [0.5, 0.6) is 0 Å². The molecule has 1 heterocycles. The molecule has 1 saturated heterocycles. The van der Waals surface area contributed by atoms with Gasteiger partial charge in [-0.05, 0) is 6.42 Å². The number of halogens is 1. The number of hydrazine groups is 1. The van der Waals surface area contributed by atoms with Crippen molar-refractivity contribution >= 4 is 9.84 Å². The zero-order chi connectivity index (χ0) is 8.48. The molecule has 0 spiro atoms. The number of sulfone groups is 1. The average molecular weight is 214 g/mol. The number of hydrogen-bond donors (Lipinski definition) is 1. The van der Waals surface area contributed by atoms with Crippen molar-refractivity contribution in [1.82, 2.24) is 10.4 Å². The predicted molar refractivity (Wildman–Crippen MR) is 43.9 cm³/mol. The van der Waals surface area contributed by atoms with Crippen LogP contribution >= 0.6 is 0 Å². The summed E-state index contributed by atoms with van der Waals surface area (Å²) in [5.74, 6) is 0.615. The normalized spacial score (nSPS) is 27.1. The van der Waals surface area contributed by atoms with E-state index >= 15 is 0 Å². The summed E-state index contributed by atoms with van der Waals surface area (Å²) < 4.78 is 21.9. The van der Waals surface area contributed by atoms with Gasteiger partial charge in [-0.25, -0.2) is 8.42 Å². The highest BCUT2D eigenvalue weighted by atomic mass is 35.5. The van der Waals surface area contributed by atoms with Crippen LogP contribution in [0.25, 0.3) is 0 Å². The molecule has 4 nitrogen and oxygen atoms in total. The maximum Gasteiger partial charge on any atom is 0.151 e. The molecule has 0 saturated carbocycles. The molecule has 74 valence electrons. The van der Waals surface area contributed by atoms with Crippen LogP contribution in [-0.2, 0) is 9.84 Å². The van der Waals surface area contributed by atoms with E-state index in [2.05, 4.69) is 5.43 Å². The lowest BCUT2D eigenvalue weighted by Crippen LogP contribution is -3.00. The Kier molecular flexibility index (Phi) is 4.47. The molecule has 1 aliphatic rings. The second kappa shape index (κ2) is 4.41. The van der Waals surface area contributed by atoms with Gasteiger partial charge in [-0.1, -0.05) is 0 Å². The van der Waals surface area contributed by atoms with Crippen LogP contribution in [0.4, 0.5) is 0 Å². The third-order valence-electron chi connectivity index (χ3n) is 1.67. The van der Waals surface area contributed by atoms with Gasteiger partial charge in [0.2, 0.25) is 0 Å². The molecule has 1 fully saturated rings. The predicted octanol–water partition coefficient (Wildman–Crippen LogP) is -3.76. The number of hydrogen-bond acceptors (Lipinski definition) is 4.